The molecular formula is C31H37N3O4. The number of para-hydroxylation sites is 1. The molecule has 0 N–H and O–H groups in total. The van der Waals surface area contributed by atoms with Crippen LogP contribution >= 0.6 is 0 Å². The zero-order valence-corrected chi connectivity index (χ0v) is 22.6. The van der Waals surface area contributed by atoms with Crippen molar-refractivity contribution in [3.05, 3.63) is 72.0 Å². The minimum absolute atomic E-state index is 0.00543. The van der Waals surface area contributed by atoms with Gasteiger partial charge in [-0.05, 0) is 82.5 Å². The van der Waals surface area contributed by atoms with Crippen LogP contribution in [0, 0.1) is 5.92 Å². The predicted octanol–water partition coefficient (Wildman–Crippen LogP) is 5.51. The fourth-order valence-electron chi connectivity index (χ4n) is 6.14. The van der Waals surface area contributed by atoms with Crippen molar-refractivity contribution in [1.82, 2.24) is 9.88 Å². The minimum Gasteiger partial charge on any atom is -0.484 e. The fraction of sp³-hybridized carbons (Fsp3) is 0.484. The van der Waals surface area contributed by atoms with Crippen LogP contribution in [0.3, 0.4) is 0 Å². The molecule has 1 spiro atoms. The van der Waals surface area contributed by atoms with E-state index in [-0.39, 0.29) is 23.5 Å². The van der Waals surface area contributed by atoms with Gasteiger partial charge < -0.3 is 14.2 Å². The first-order valence-electron chi connectivity index (χ1n) is 13.7. The highest BCUT2D eigenvalue weighted by Gasteiger charge is 2.47. The number of aromatic nitrogens is 1. The third kappa shape index (κ3) is 4.92. The minimum atomic E-state index is -0.511. The van der Waals surface area contributed by atoms with Crippen LogP contribution in [-0.2, 0) is 10.2 Å². The predicted molar refractivity (Wildman–Crippen MR) is 147 cm³/mol. The van der Waals surface area contributed by atoms with Crippen LogP contribution in [0.1, 0.15) is 45.6 Å². The van der Waals surface area contributed by atoms with Gasteiger partial charge in [0.15, 0.2) is 5.75 Å². The molecule has 7 heteroatoms. The zero-order valence-electron chi connectivity index (χ0n) is 22.6. The van der Waals surface area contributed by atoms with Crippen molar-refractivity contribution in [2.24, 2.45) is 5.92 Å². The molecule has 7 nitrogen and oxygen atoms in total. The first-order valence-corrected chi connectivity index (χ1v) is 13.7. The molecule has 2 atom stereocenters. The van der Waals surface area contributed by atoms with Gasteiger partial charge in [0.2, 0.25) is 0 Å². The van der Waals surface area contributed by atoms with Crippen molar-refractivity contribution in [3.8, 4) is 11.6 Å². The summed E-state index contributed by atoms with van der Waals surface area (Å²) in [6.45, 7) is 9.97. The van der Waals surface area contributed by atoms with Gasteiger partial charge >= 0.3 is 6.09 Å². The first kappa shape index (κ1) is 25.0. The summed E-state index contributed by atoms with van der Waals surface area (Å²) in [5, 5.41) is 0. The van der Waals surface area contributed by atoms with Crippen LogP contribution in [0.4, 0.5) is 10.5 Å². The summed E-state index contributed by atoms with van der Waals surface area (Å²) >= 11 is 0. The van der Waals surface area contributed by atoms with Gasteiger partial charge in [-0.25, -0.2) is 9.78 Å². The van der Waals surface area contributed by atoms with Crippen LogP contribution in [-0.4, -0.2) is 60.5 Å². The lowest BCUT2D eigenvalue weighted by Gasteiger charge is -2.40. The Bertz CT molecular complexity index is 1260. The zero-order chi connectivity index (χ0) is 26.3. The Labute approximate surface area is 225 Å². The number of hydrogen-bond acceptors (Lipinski definition) is 6. The molecule has 1 amide bonds. The van der Waals surface area contributed by atoms with Crippen LogP contribution in [0.15, 0.2) is 66.4 Å². The molecule has 1 fully saturated rings. The van der Waals surface area contributed by atoms with E-state index < -0.39 is 5.60 Å². The number of carbonyl (C=O) groups is 1. The van der Waals surface area contributed by atoms with E-state index in [1.165, 1.54) is 11.1 Å². The summed E-state index contributed by atoms with van der Waals surface area (Å²) in [5.41, 5.74) is 3.13. The van der Waals surface area contributed by atoms with E-state index in [0.29, 0.717) is 19.0 Å². The average Bonchev–Trinajstić information content (AvgIpc) is 3.24. The lowest BCUT2D eigenvalue weighted by molar-refractivity contribution is 0.0568. The summed E-state index contributed by atoms with van der Waals surface area (Å²) in [4.78, 5) is 21.7. The molecule has 0 radical (unpaired) electrons. The lowest BCUT2D eigenvalue weighted by Crippen LogP contribution is -2.47. The number of fused-ring (bicyclic) bond motifs is 3. The summed E-state index contributed by atoms with van der Waals surface area (Å²) < 4.78 is 17.7. The second kappa shape index (κ2) is 9.77. The van der Waals surface area contributed by atoms with E-state index in [2.05, 4.69) is 46.3 Å². The molecule has 2 aromatic rings. The Morgan fingerprint density at radius 2 is 1.97 bits per heavy atom. The number of carbonyl (C=O) groups excluding carboxylic acids is 1. The van der Waals surface area contributed by atoms with Gasteiger partial charge in [-0.3, -0.25) is 9.80 Å². The van der Waals surface area contributed by atoms with Crippen LogP contribution in [0.5, 0.6) is 11.6 Å². The molecule has 1 aromatic carbocycles. The SMILES string of the molecule is CC(C)(C)OC(=O)N1CC2(CCN(CC3=CCC([C@H]4COc5cccnc5O4)C=C3)CC2)c2ccccc21. The third-order valence-corrected chi connectivity index (χ3v) is 8.15. The molecule has 0 saturated carbocycles. The number of likely N-dealkylation sites (tertiary alicyclic amines) is 1. The molecule has 3 aliphatic heterocycles. The topological polar surface area (TPSA) is 64.1 Å². The molecule has 4 heterocycles. The van der Waals surface area contributed by atoms with Gasteiger partial charge in [-0.15, -0.1) is 0 Å². The molecule has 200 valence electrons. The number of amides is 1. The summed E-state index contributed by atoms with van der Waals surface area (Å²) in [6, 6.07) is 12.1. The smallest absolute Gasteiger partial charge is 0.414 e. The Morgan fingerprint density at radius 1 is 1.16 bits per heavy atom. The van der Waals surface area contributed by atoms with Gasteiger partial charge in [0.1, 0.15) is 18.3 Å². The second-order valence-electron chi connectivity index (χ2n) is 12.0. The molecule has 1 unspecified atom stereocenters. The summed E-state index contributed by atoms with van der Waals surface area (Å²) in [7, 11) is 0. The number of rotatable bonds is 3. The normalized spacial score (nSPS) is 24.2. The maximum Gasteiger partial charge on any atom is 0.414 e. The fourth-order valence-corrected chi connectivity index (χ4v) is 6.14. The van der Waals surface area contributed by atoms with Crippen LogP contribution in [0.25, 0.3) is 0 Å². The summed E-state index contributed by atoms with van der Waals surface area (Å²) in [6.07, 6.45) is 11.4. The van der Waals surface area contributed by atoms with Gasteiger partial charge in [-0.1, -0.05) is 36.4 Å². The largest absolute Gasteiger partial charge is 0.484 e. The monoisotopic (exact) mass is 515 g/mol. The van der Waals surface area contributed by atoms with E-state index in [4.69, 9.17) is 14.2 Å². The van der Waals surface area contributed by atoms with Crippen LogP contribution in [0.2, 0.25) is 0 Å². The van der Waals surface area contributed by atoms with E-state index in [0.717, 1.165) is 50.3 Å². The van der Waals surface area contributed by atoms with E-state index in [9.17, 15) is 4.79 Å². The van der Waals surface area contributed by atoms with Crippen molar-refractivity contribution in [1.29, 1.82) is 0 Å². The Balaban J connectivity index is 1.05. The number of benzene rings is 1. The highest BCUT2D eigenvalue weighted by molar-refractivity contribution is 5.91. The summed E-state index contributed by atoms with van der Waals surface area (Å²) in [5.74, 6) is 1.60. The number of piperidine rings is 1. The Hall–Kier alpha value is -3.32. The van der Waals surface area contributed by atoms with E-state index in [1.807, 2.05) is 43.9 Å². The average molecular weight is 516 g/mol. The van der Waals surface area contributed by atoms with Gasteiger partial charge in [0.25, 0.3) is 5.88 Å². The number of allylic oxidation sites excluding steroid dienone is 1. The van der Waals surface area contributed by atoms with Gasteiger partial charge in [-0.2, -0.15) is 0 Å². The number of anilines is 1. The molecule has 4 aliphatic rings. The number of nitrogens with zero attached hydrogens (tertiary/aromatic N) is 3. The maximum absolute atomic E-state index is 13.0. The third-order valence-electron chi connectivity index (χ3n) is 8.15. The second-order valence-corrected chi connectivity index (χ2v) is 12.0. The van der Waals surface area contributed by atoms with Crippen molar-refractivity contribution in [2.75, 3.05) is 37.7 Å². The van der Waals surface area contributed by atoms with Crippen molar-refractivity contribution in [2.45, 2.75) is 57.2 Å². The first-order chi connectivity index (χ1) is 18.3. The molecule has 1 aromatic heterocycles. The van der Waals surface area contributed by atoms with Gasteiger partial charge in [0.05, 0.1) is 5.69 Å². The molecule has 1 saturated heterocycles. The molecule has 6 rings (SSSR count). The molecule has 0 bridgehead atoms. The van der Waals surface area contributed by atoms with E-state index in [1.54, 1.807) is 6.20 Å². The highest BCUT2D eigenvalue weighted by atomic mass is 16.6. The molecular weight excluding hydrogens is 478 g/mol. The number of pyridine rings is 1. The van der Waals surface area contributed by atoms with Crippen molar-refractivity contribution < 1.29 is 19.0 Å². The maximum atomic E-state index is 13.0. The molecule has 38 heavy (non-hydrogen) atoms. The Morgan fingerprint density at radius 3 is 2.74 bits per heavy atom. The Kier molecular flexibility index (Phi) is 6.42. The van der Waals surface area contributed by atoms with E-state index >= 15 is 0 Å². The standard InChI is InChI=1S/C31H37N3O4/c1-30(2,3)38-29(35)34-21-31(24-7-4-5-8-25(24)34)14-17-33(18-15-31)19-22-10-12-23(13-11-22)27-20-36-26-9-6-16-32-28(26)37-27/h4-12,16,23,27H,13-15,17-21H2,1-3H3/t23?,27-/m1/s1. The van der Waals surface area contributed by atoms with Gasteiger partial charge in [0, 0.05) is 30.6 Å². The van der Waals surface area contributed by atoms with Crippen molar-refractivity contribution in [3.63, 3.8) is 0 Å². The molecule has 1 aliphatic carbocycles. The van der Waals surface area contributed by atoms with Crippen molar-refractivity contribution >= 4 is 11.8 Å². The number of hydrogen-bond donors (Lipinski definition) is 0. The highest BCUT2D eigenvalue weighted by Crippen LogP contribution is 2.47. The lowest BCUT2D eigenvalue weighted by atomic mass is 9.74. The quantitative estimate of drug-likeness (QED) is 0.537. The van der Waals surface area contributed by atoms with Crippen LogP contribution < -0.4 is 14.4 Å². The number of ether oxygens (including phenoxy) is 3.